The smallest absolute Gasteiger partial charge is 0.307 e. The second-order valence-electron chi connectivity index (χ2n) is 6.53. The molecule has 8 heteroatoms. The highest BCUT2D eigenvalue weighted by Crippen LogP contribution is 2.17. The number of thioether (sulfide) groups is 1. The van der Waals surface area contributed by atoms with Gasteiger partial charge in [0.15, 0.2) is 11.9 Å². The van der Waals surface area contributed by atoms with E-state index in [9.17, 15) is 19.2 Å². The molecule has 0 aromatic heterocycles. The Labute approximate surface area is 179 Å². The van der Waals surface area contributed by atoms with E-state index < -0.39 is 18.0 Å². The van der Waals surface area contributed by atoms with Crippen LogP contribution >= 0.6 is 11.8 Å². The molecule has 7 nitrogen and oxygen atoms in total. The van der Waals surface area contributed by atoms with Crippen LogP contribution in [0.1, 0.15) is 37.0 Å². The average Bonchev–Trinajstić information content (AvgIpc) is 2.73. The second-order valence-corrected chi connectivity index (χ2v) is 7.41. The Balaban J connectivity index is 1.79. The summed E-state index contributed by atoms with van der Waals surface area (Å²) >= 11 is 1.58. The second kappa shape index (κ2) is 11.2. The lowest BCUT2D eigenvalue weighted by Gasteiger charge is -2.14. The van der Waals surface area contributed by atoms with E-state index in [-0.39, 0.29) is 24.5 Å². The maximum atomic E-state index is 12.2. The van der Waals surface area contributed by atoms with Gasteiger partial charge < -0.3 is 15.4 Å². The van der Waals surface area contributed by atoms with Crippen molar-refractivity contribution in [2.24, 2.45) is 0 Å². The first-order valence-electron chi connectivity index (χ1n) is 9.33. The van der Waals surface area contributed by atoms with E-state index in [1.165, 1.54) is 13.8 Å². The quantitative estimate of drug-likeness (QED) is 0.357. The summed E-state index contributed by atoms with van der Waals surface area (Å²) in [6.45, 7) is 2.86. The maximum Gasteiger partial charge on any atom is 0.307 e. The number of carbonyl (C=O) groups excluding carboxylic acids is 4. The summed E-state index contributed by atoms with van der Waals surface area (Å²) in [5.41, 5.74) is 1.64. The van der Waals surface area contributed by atoms with Gasteiger partial charge in [-0.25, -0.2) is 0 Å². The minimum absolute atomic E-state index is 0.0103. The van der Waals surface area contributed by atoms with Crippen LogP contribution in [0.3, 0.4) is 0 Å². The number of benzene rings is 2. The van der Waals surface area contributed by atoms with Crippen molar-refractivity contribution in [3.63, 3.8) is 0 Å². The van der Waals surface area contributed by atoms with Gasteiger partial charge in [-0.1, -0.05) is 12.1 Å². The Morgan fingerprint density at radius 3 is 2.00 bits per heavy atom. The first-order chi connectivity index (χ1) is 14.3. The number of carbonyl (C=O) groups is 4. The van der Waals surface area contributed by atoms with Crippen LogP contribution in [0, 0.1) is 0 Å². The SMILES string of the molecule is CSc1ccc(C(=O)CCC(=O)OC(C)C(=O)Nc2ccc(NC(C)=O)cc2)cc1. The first-order valence-corrected chi connectivity index (χ1v) is 10.6. The number of hydrogen-bond acceptors (Lipinski definition) is 6. The van der Waals surface area contributed by atoms with E-state index >= 15 is 0 Å². The Morgan fingerprint density at radius 2 is 1.47 bits per heavy atom. The van der Waals surface area contributed by atoms with E-state index in [0.29, 0.717) is 16.9 Å². The van der Waals surface area contributed by atoms with Gasteiger partial charge in [0.1, 0.15) is 0 Å². The molecule has 2 aromatic rings. The van der Waals surface area contributed by atoms with Crippen LogP contribution in [0.2, 0.25) is 0 Å². The first kappa shape index (κ1) is 23.2. The molecule has 0 aliphatic carbocycles. The van der Waals surface area contributed by atoms with E-state index in [1.807, 2.05) is 18.4 Å². The third-order valence-corrected chi connectivity index (χ3v) is 4.86. The molecular weight excluding hydrogens is 404 g/mol. The molecule has 0 saturated carbocycles. The minimum Gasteiger partial charge on any atom is -0.453 e. The molecule has 2 aromatic carbocycles. The Morgan fingerprint density at radius 1 is 0.900 bits per heavy atom. The van der Waals surface area contributed by atoms with Crippen LogP contribution < -0.4 is 10.6 Å². The molecule has 1 unspecified atom stereocenters. The summed E-state index contributed by atoms with van der Waals surface area (Å²) in [6, 6.07) is 13.7. The number of ketones is 1. The van der Waals surface area contributed by atoms with Crippen LogP contribution in [-0.4, -0.2) is 35.9 Å². The standard InChI is InChI=1S/C22H24N2O5S/c1-14(22(28)24-18-8-6-17(7-9-18)23-15(2)25)29-21(27)13-12-20(26)16-4-10-19(30-3)11-5-16/h4-11,14H,12-13H2,1-3H3,(H,23,25)(H,24,28). The zero-order chi connectivity index (χ0) is 22.1. The van der Waals surface area contributed by atoms with Gasteiger partial charge in [0.05, 0.1) is 6.42 Å². The Bertz CT molecular complexity index is 910. The van der Waals surface area contributed by atoms with E-state index in [2.05, 4.69) is 10.6 Å². The van der Waals surface area contributed by atoms with Crippen LogP contribution in [0.25, 0.3) is 0 Å². The van der Waals surface area contributed by atoms with Gasteiger partial charge in [-0.05, 0) is 49.6 Å². The summed E-state index contributed by atoms with van der Waals surface area (Å²) < 4.78 is 5.12. The number of amides is 2. The number of anilines is 2. The zero-order valence-electron chi connectivity index (χ0n) is 17.1. The number of nitrogens with one attached hydrogen (secondary N) is 2. The van der Waals surface area contributed by atoms with Crippen LogP contribution in [0.4, 0.5) is 11.4 Å². The number of rotatable bonds is 9. The fourth-order valence-corrected chi connectivity index (χ4v) is 2.94. The fourth-order valence-electron chi connectivity index (χ4n) is 2.53. The van der Waals surface area contributed by atoms with Crippen molar-refractivity contribution in [2.75, 3.05) is 16.9 Å². The van der Waals surface area contributed by atoms with E-state index in [4.69, 9.17) is 4.74 Å². The van der Waals surface area contributed by atoms with Gasteiger partial charge in [-0.3, -0.25) is 19.2 Å². The van der Waals surface area contributed by atoms with Gasteiger partial charge in [0.2, 0.25) is 5.91 Å². The molecule has 1 atom stereocenters. The summed E-state index contributed by atoms with van der Waals surface area (Å²) in [6.07, 6.45) is 0.844. The average molecular weight is 429 g/mol. The van der Waals surface area contributed by atoms with Gasteiger partial charge in [-0.2, -0.15) is 0 Å². The largest absolute Gasteiger partial charge is 0.453 e. The van der Waals surface area contributed by atoms with Gasteiger partial charge in [-0.15, -0.1) is 11.8 Å². The van der Waals surface area contributed by atoms with Crippen molar-refractivity contribution >= 4 is 46.7 Å². The summed E-state index contributed by atoms with van der Waals surface area (Å²) in [5, 5.41) is 5.26. The molecule has 2 rings (SSSR count). The molecule has 0 spiro atoms. The van der Waals surface area contributed by atoms with Crippen molar-refractivity contribution in [2.45, 2.75) is 37.7 Å². The third kappa shape index (κ3) is 7.36. The topological polar surface area (TPSA) is 102 Å². The molecule has 30 heavy (non-hydrogen) atoms. The Hall–Kier alpha value is -3.13. The van der Waals surface area contributed by atoms with E-state index in [1.54, 1.807) is 48.2 Å². The molecule has 0 aliphatic heterocycles. The highest BCUT2D eigenvalue weighted by molar-refractivity contribution is 7.98. The maximum absolute atomic E-state index is 12.2. The molecule has 0 saturated heterocycles. The molecule has 158 valence electrons. The third-order valence-electron chi connectivity index (χ3n) is 4.12. The Kier molecular flexibility index (Phi) is 8.61. The van der Waals surface area contributed by atoms with Crippen LogP contribution in [-0.2, 0) is 19.1 Å². The molecule has 2 amide bonds. The molecule has 2 N–H and O–H groups in total. The molecule has 0 heterocycles. The number of hydrogen-bond donors (Lipinski definition) is 2. The normalized spacial score (nSPS) is 11.3. The van der Waals surface area contributed by atoms with Gasteiger partial charge in [0, 0.05) is 35.2 Å². The minimum atomic E-state index is -1.01. The van der Waals surface area contributed by atoms with Gasteiger partial charge in [0.25, 0.3) is 5.91 Å². The van der Waals surface area contributed by atoms with Crippen molar-refractivity contribution in [3.05, 3.63) is 54.1 Å². The highest BCUT2D eigenvalue weighted by atomic mass is 32.2. The molecule has 0 aliphatic rings. The lowest BCUT2D eigenvalue weighted by atomic mass is 10.1. The highest BCUT2D eigenvalue weighted by Gasteiger charge is 2.19. The number of esters is 1. The molecular formula is C22H24N2O5S. The zero-order valence-corrected chi connectivity index (χ0v) is 17.9. The predicted octanol–water partition coefficient (Wildman–Crippen LogP) is 3.90. The summed E-state index contributed by atoms with van der Waals surface area (Å²) in [4.78, 5) is 48.5. The molecule has 0 bridgehead atoms. The van der Waals surface area contributed by atoms with Crippen LogP contribution in [0.15, 0.2) is 53.4 Å². The molecule has 0 radical (unpaired) electrons. The lowest BCUT2D eigenvalue weighted by Crippen LogP contribution is -2.30. The van der Waals surface area contributed by atoms with Crippen molar-refractivity contribution in [1.29, 1.82) is 0 Å². The van der Waals surface area contributed by atoms with Crippen LogP contribution in [0.5, 0.6) is 0 Å². The van der Waals surface area contributed by atoms with Crippen molar-refractivity contribution < 1.29 is 23.9 Å². The van der Waals surface area contributed by atoms with Crippen molar-refractivity contribution in [1.82, 2.24) is 0 Å². The number of ether oxygens (including phenoxy) is 1. The lowest BCUT2D eigenvalue weighted by molar-refractivity contribution is -0.153. The van der Waals surface area contributed by atoms with Crippen molar-refractivity contribution in [3.8, 4) is 0 Å². The van der Waals surface area contributed by atoms with Gasteiger partial charge >= 0.3 is 5.97 Å². The molecule has 0 fully saturated rings. The van der Waals surface area contributed by atoms with E-state index in [0.717, 1.165) is 4.90 Å². The predicted molar refractivity (Wildman–Crippen MR) is 117 cm³/mol. The summed E-state index contributed by atoms with van der Waals surface area (Å²) in [7, 11) is 0. The fraction of sp³-hybridized carbons (Fsp3) is 0.273. The monoisotopic (exact) mass is 428 g/mol. The number of Topliss-reactive ketones (excluding diaryl/α,β-unsaturated/α-hetero) is 1. The summed E-state index contributed by atoms with van der Waals surface area (Å²) in [5.74, 6) is -1.46.